The summed E-state index contributed by atoms with van der Waals surface area (Å²) in [5, 5.41) is 0. The molecule has 0 N–H and O–H groups in total. The Morgan fingerprint density at radius 3 is 2.48 bits per heavy atom. The van der Waals surface area contributed by atoms with Crippen molar-refractivity contribution >= 4 is 18.3 Å². The molecule has 2 aliphatic carbocycles. The lowest BCUT2D eigenvalue weighted by Gasteiger charge is -2.23. The van der Waals surface area contributed by atoms with Crippen LogP contribution in [0.3, 0.4) is 0 Å². The average molecular weight is 358 g/mol. The van der Waals surface area contributed by atoms with Crippen molar-refractivity contribution in [3.63, 3.8) is 0 Å². The van der Waals surface area contributed by atoms with Crippen molar-refractivity contribution < 1.29 is 14.3 Å². The Hall–Kier alpha value is -3.07. The Bertz CT molecular complexity index is 950. The monoisotopic (exact) mass is 358 g/mol. The van der Waals surface area contributed by atoms with E-state index in [1.807, 2.05) is 48.6 Å². The average Bonchev–Trinajstić information content (AvgIpc) is 2.67. The van der Waals surface area contributed by atoms with Gasteiger partial charge in [0.15, 0.2) is 0 Å². The maximum Gasteiger partial charge on any atom is 0.514 e. The second-order valence-corrected chi connectivity index (χ2v) is 6.97. The van der Waals surface area contributed by atoms with E-state index in [1.165, 1.54) is 5.57 Å². The summed E-state index contributed by atoms with van der Waals surface area (Å²) in [6.45, 7) is 2.07. The summed E-state index contributed by atoms with van der Waals surface area (Å²) in [5.74, 6) is 0.657. The Morgan fingerprint density at radius 2 is 1.67 bits per heavy atom. The van der Waals surface area contributed by atoms with Gasteiger partial charge in [-0.3, -0.25) is 0 Å². The van der Waals surface area contributed by atoms with Gasteiger partial charge < -0.3 is 9.47 Å². The summed E-state index contributed by atoms with van der Waals surface area (Å²) in [6.07, 6.45) is 9.24. The lowest BCUT2D eigenvalue weighted by atomic mass is 9.91. The van der Waals surface area contributed by atoms with E-state index in [2.05, 4.69) is 31.2 Å². The number of hydrogen-bond acceptors (Lipinski definition) is 3. The van der Waals surface area contributed by atoms with E-state index in [0.717, 1.165) is 35.1 Å². The highest BCUT2D eigenvalue weighted by molar-refractivity contribution is 5.74. The number of benzene rings is 2. The number of ether oxygens (including phenoxy) is 2. The van der Waals surface area contributed by atoms with E-state index in [9.17, 15) is 4.79 Å². The molecule has 136 valence electrons. The van der Waals surface area contributed by atoms with E-state index in [-0.39, 0.29) is 6.10 Å². The molecule has 2 aromatic carbocycles. The van der Waals surface area contributed by atoms with Crippen LogP contribution < -0.4 is 0 Å². The first-order chi connectivity index (χ1) is 13.2. The highest BCUT2D eigenvalue weighted by atomic mass is 16.7. The topological polar surface area (TPSA) is 35.5 Å². The van der Waals surface area contributed by atoms with Gasteiger partial charge in [-0.25, -0.2) is 4.79 Å². The van der Waals surface area contributed by atoms with Gasteiger partial charge >= 0.3 is 6.16 Å². The number of allylic oxidation sites excluding steroid dienone is 4. The second-order valence-electron chi connectivity index (χ2n) is 6.97. The number of carbonyl (C=O) groups excluding carboxylic acids is 1. The van der Waals surface area contributed by atoms with Crippen LogP contribution in [0.2, 0.25) is 0 Å². The predicted molar refractivity (Wildman–Crippen MR) is 107 cm³/mol. The lowest BCUT2D eigenvalue weighted by molar-refractivity contribution is 0.0383. The van der Waals surface area contributed by atoms with Crippen LogP contribution in [0.25, 0.3) is 12.2 Å². The zero-order valence-corrected chi connectivity index (χ0v) is 15.4. The molecule has 0 heterocycles. The fourth-order valence-electron chi connectivity index (χ4n) is 3.49. The molecule has 0 fully saturated rings. The van der Waals surface area contributed by atoms with Crippen LogP contribution in [0.5, 0.6) is 0 Å². The summed E-state index contributed by atoms with van der Waals surface area (Å²) in [4.78, 5) is 12.5. The minimum atomic E-state index is -0.643. The molecule has 0 bridgehead atoms. The van der Waals surface area contributed by atoms with Gasteiger partial charge in [-0.05, 0) is 36.1 Å². The standard InChI is InChI=1S/C24H22O3/c1-17-10-14-21(15-11-17)26-24(25)27-23-16-20-8-3-2-6-18(20)12-13-19-7-4-5-9-22(19)23/h2-10,12-14,23H,11,15-16H2,1H3/b13-12-. The maximum absolute atomic E-state index is 12.5. The summed E-state index contributed by atoms with van der Waals surface area (Å²) in [6, 6.07) is 16.2. The fraction of sp³-hybridized carbons (Fsp3) is 0.208. The summed E-state index contributed by atoms with van der Waals surface area (Å²) < 4.78 is 11.2. The Kier molecular flexibility index (Phi) is 4.93. The van der Waals surface area contributed by atoms with Crippen LogP contribution in [-0.4, -0.2) is 6.16 Å². The number of hydrogen-bond donors (Lipinski definition) is 0. The van der Waals surface area contributed by atoms with Gasteiger partial charge in [-0.1, -0.05) is 72.3 Å². The van der Waals surface area contributed by atoms with Crippen molar-refractivity contribution in [1.82, 2.24) is 0 Å². The first kappa shape index (κ1) is 17.3. The molecule has 0 aliphatic heterocycles. The number of carbonyl (C=O) groups is 1. The maximum atomic E-state index is 12.5. The summed E-state index contributed by atoms with van der Waals surface area (Å²) in [5.41, 5.74) is 5.63. The molecule has 27 heavy (non-hydrogen) atoms. The molecule has 0 saturated heterocycles. The molecule has 2 aromatic rings. The van der Waals surface area contributed by atoms with Gasteiger partial charge in [0.1, 0.15) is 11.9 Å². The zero-order valence-electron chi connectivity index (χ0n) is 15.4. The quantitative estimate of drug-likeness (QED) is 0.597. The molecule has 0 aromatic heterocycles. The van der Waals surface area contributed by atoms with E-state index >= 15 is 0 Å². The van der Waals surface area contributed by atoms with Crippen molar-refractivity contribution in [2.24, 2.45) is 0 Å². The number of rotatable bonds is 2. The van der Waals surface area contributed by atoms with Crippen LogP contribution in [0.4, 0.5) is 4.79 Å². The second kappa shape index (κ2) is 7.67. The minimum Gasteiger partial charge on any atom is -0.425 e. The largest absolute Gasteiger partial charge is 0.514 e. The first-order valence-electron chi connectivity index (χ1n) is 9.29. The molecule has 1 atom stereocenters. The fourth-order valence-corrected chi connectivity index (χ4v) is 3.49. The molecule has 2 aliphatic rings. The van der Waals surface area contributed by atoms with Crippen molar-refractivity contribution in [1.29, 1.82) is 0 Å². The summed E-state index contributed by atoms with van der Waals surface area (Å²) >= 11 is 0. The molecule has 3 heteroatoms. The van der Waals surface area contributed by atoms with Gasteiger partial charge in [0, 0.05) is 18.4 Å². The molecule has 0 saturated carbocycles. The lowest BCUT2D eigenvalue weighted by Crippen LogP contribution is -2.17. The Labute approximate surface area is 159 Å². The van der Waals surface area contributed by atoms with Gasteiger partial charge in [-0.2, -0.15) is 0 Å². The van der Waals surface area contributed by atoms with E-state index in [4.69, 9.17) is 9.47 Å². The number of fused-ring (bicyclic) bond motifs is 2. The van der Waals surface area contributed by atoms with Gasteiger partial charge in [0.05, 0.1) is 0 Å². The Balaban J connectivity index is 1.59. The first-order valence-corrected chi connectivity index (χ1v) is 9.29. The van der Waals surface area contributed by atoms with Crippen molar-refractivity contribution in [3.05, 3.63) is 94.3 Å². The van der Waals surface area contributed by atoms with Crippen molar-refractivity contribution in [2.45, 2.75) is 32.3 Å². The van der Waals surface area contributed by atoms with Crippen LogP contribution in [0, 0.1) is 0 Å². The Morgan fingerprint density at radius 1 is 0.926 bits per heavy atom. The molecular formula is C24H22O3. The summed E-state index contributed by atoms with van der Waals surface area (Å²) in [7, 11) is 0. The highest BCUT2D eigenvalue weighted by Gasteiger charge is 2.23. The molecule has 0 radical (unpaired) electrons. The van der Waals surface area contributed by atoms with Crippen LogP contribution in [-0.2, 0) is 15.9 Å². The van der Waals surface area contributed by atoms with E-state index < -0.39 is 6.16 Å². The molecule has 4 rings (SSSR count). The predicted octanol–water partition coefficient (Wildman–Crippen LogP) is 6.23. The highest BCUT2D eigenvalue weighted by Crippen LogP contribution is 2.32. The zero-order chi connectivity index (χ0) is 18.6. The SMILES string of the molecule is CC1=CC=C(OC(=O)OC2Cc3ccccc3/C=C\c3ccccc32)CC1. The van der Waals surface area contributed by atoms with E-state index in [0.29, 0.717) is 12.2 Å². The van der Waals surface area contributed by atoms with Crippen LogP contribution >= 0.6 is 0 Å². The third-order valence-corrected chi connectivity index (χ3v) is 5.02. The van der Waals surface area contributed by atoms with E-state index in [1.54, 1.807) is 0 Å². The van der Waals surface area contributed by atoms with Crippen molar-refractivity contribution in [2.75, 3.05) is 0 Å². The smallest absolute Gasteiger partial charge is 0.425 e. The van der Waals surface area contributed by atoms with Crippen molar-refractivity contribution in [3.8, 4) is 0 Å². The van der Waals surface area contributed by atoms with Gasteiger partial charge in [0.25, 0.3) is 0 Å². The molecule has 3 nitrogen and oxygen atoms in total. The van der Waals surface area contributed by atoms with Gasteiger partial charge in [0.2, 0.25) is 0 Å². The van der Waals surface area contributed by atoms with Crippen LogP contribution in [0.15, 0.2) is 72.0 Å². The molecule has 0 amide bonds. The molecule has 1 unspecified atom stereocenters. The normalized spacial score (nSPS) is 19.4. The third-order valence-electron chi connectivity index (χ3n) is 5.02. The molecular weight excluding hydrogens is 336 g/mol. The molecule has 0 spiro atoms. The minimum absolute atomic E-state index is 0.388. The van der Waals surface area contributed by atoms with Crippen LogP contribution in [0.1, 0.15) is 48.1 Å². The van der Waals surface area contributed by atoms with Gasteiger partial charge in [-0.15, -0.1) is 0 Å². The third kappa shape index (κ3) is 4.03.